The lowest BCUT2D eigenvalue weighted by Crippen LogP contribution is -2.45. The first kappa shape index (κ1) is 19.7. The van der Waals surface area contributed by atoms with Crippen LogP contribution in [0.5, 0.6) is 0 Å². The molecular weight excluding hydrogens is 384 g/mol. The number of rotatable bonds is 5. The fraction of sp³-hybridized carbons (Fsp3) is 0.333. The third-order valence-corrected chi connectivity index (χ3v) is 5.16. The van der Waals surface area contributed by atoms with E-state index >= 15 is 0 Å². The van der Waals surface area contributed by atoms with Gasteiger partial charge in [-0.15, -0.1) is 0 Å². The summed E-state index contributed by atoms with van der Waals surface area (Å²) in [6.45, 7) is 3.28. The number of amides is 3. The van der Waals surface area contributed by atoms with E-state index in [2.05, 4.69) is 20.9 Å². The molecule has 0 saturated carbocycles. The average molecular weight is 408 g/mol. The Morgan fingerprint density at radius 3 is 2.73 bits per heavy atom. The largest absolute Gasteiger partial charge is 0.360 e. The first-order valence-corrected chi connectivity index (χ1v) is 9.94. The van der Waals surface area contributed by atoms with Crippen molar-refractivity contribution in [2.45, 2.75) is 26.3 Å². The van der Waals surface area contributed by atoms with Gasteiger partial charge in [-0.05, 0) is 43.5 Å². The zero-order chi connectivity index (χ0) is 20.9. The van der Waals surface area contributed by atoms with E-state index in [1.54, 1.807) is 28.8 Å². The highest BCUT2D eigenvalue weighted by atomic mass is 16.5. The van der Waals surface area contributed by atoms with Crippen LogP contribution in [0.4, 0.5) is 10.6 Å². The second-order valence-corrected chi connectivity index (χ2v) is 7.35. The maximum Gasteiger partial charge on any atom is 0.317 e. The van der Waals surface area contributed by atoms with Crippen LogP contribution in [0.25, 0.3) is 5.69 Å². The van der Waals surface area contributed by atoms with Crippen LogP contribution in [0.1, 0.15) is 24.2 Å². The quantitative estimate of drug-likeness (QED) is 0.675. The molecular formula is C21H24N6O3. The van der Waals surface area contributed by atoms with Crippen LogP contribution in [0.3, 0.4) is 0 Å². The Hall–Kier alpha value is -3.62. The Morgan fingerprint density at radius 1 is 1.20 bits per heavy atom. The first-order chi connectivity index (χ1) is 14.6. The van der Waals surface area contributed by atoms with Gasteiger partial charge >= 0.3 is 6.03 Å². The van der Waals surface area contributed by atoms with Crippen molar-refractivity contribution in [3.8, 4) is 5.69 Å². The topological polar surface area (TPSA) is 105 Å². The van der Waals surface area contributed by atoms with E-state index in [4.69, 9.17) is 4.52 Å². The maximum atomic E-state index is 12.5. The van der Waals surface area contributed by atoms with Gasteiger partial charge in [-0.25, -0.2) is 9.48 Å². The first-order valence-electron chi connectivity index (χ1n) is 9.94. The summed E-state index contributed by atoms with van der Waals surface area (Å²) in [6, 6.07) is 11.3. The van der Waals surface area contributed by atoms with Crippen LogP contribution in [0, 0.1) is 12.8 Å². The molecule has 0 unspecified atom stereocenters. The van der Waals surface area contributed by atoms with E-state index in [9.17, 15) is 9.59 Å². The van der Waals surface area contributed by atoms with Gasteiger partial charge in [0.25, 0.3) is 0 Å². The number of aryl methyl sites for hydroxylation is 1. The van der Waals surface area contributed by atoms with E-state index in [0.29, 0.717) is 44.1 Å². The van der Waals surface area contributed by atoms with Gasteiger partial charge in [-0.3, -0.25) is 4.79 Å². The summed E-state index contributed by atoms with van der Waals surface area (Å²) in [7, 11) is 0. The fourth-order valence-electron chi connectivity index (χ4n) is 3.52. The maximum absolute atomic E-state index is 12.5. The lowest BCUT2D eigenvalue weighted by atomic mass is 9.96. The molecule has 0 radical (unpaired) electrons. The number of anilines is 1. The number of urea groups is 1. The van der Waals surface area contributed by atoms with Gasteiger partial charge in [0.15, 0.2) is 5.82 Å². The number of hydrogen-bond acceptors (Lipinski definition) is 5. The summed E-state index contributed by atoms with van der Waals surface area (Å²) < 4.78 is 6.74. The molecule has 1 aliphatic rings. The molecule has 0 aliphatic carbocycles. The highest BCUT2D eigenvalue weighted by Crippen LogP contribution is 2.20. The molecule has 9 heteroatoms. The van der Waals surface area contributed by atoms with Gasteiger partial charge < -0.3 is 20.1 Å². The van der Waals surface area contributed by atoms with E-state index in [-0.39, 0.29) is 17.9 Å². The van der Waals surface area contributed by atoms with Crippen molar-refractivity contribution in [3.63, 3.8) is 0 Å². The monoisotopic (exact) mass is 408 g/mol. The lowest BCUT2D eigenvalue weighted by Gasteiger charge is -2.31. The lowest BCUT2D eigenvalue weighted by molar-refractivity contribution is -0.121. The minimum Gasteiger partial charge on any atom is -0.360 e. The number of nitrogens with zero attached hydrogens (tertiary/aromatic N) is 4. The van der Waals surface area contributed by atoms with Crippen LogP contribution in [-0.4, -0.2) is 44.9 Å². The molecule has 4 rings (SSSR count). The molecule has 1 aliphatic heterocycles. The molecule has 30 heavy (non-hydrogen) atoms. The van der Waals surface area contributed by atoms with Gasteiger partial charge in [-0.2, -0.15) is 5.10 Å². The third-order valence-electron chi connectivity index (χ3n) is 5.16. The molecule has 0 spiro atoms. The Morgan fingerprint density at radius 2 is 2.03 bits per heavy atom. The van der Waals surface area contributed by atoms with Gasteiger partial charge in [0, 0.05) is 44.0 Å². The summed E-state index contributed by atoms with van der Waals surface area (Å²) >= 11 is 0. The average Bonchev–Trinajstić information content (AvgIpc) is 3.44. The number of likely N-dealkylation sites (tertiary alicyclic amines) is 1. The van der Waals surface area contributed by atoms with Gasteiger partial charge in [0.2, 0.25) is 5.91 Å². The van der Waals surface area contributed by atoms with E-state index in [1.807, 2.05) is 36.5 Å². The SMILES string of the molecule is Cc1cc(NC(=O)C2CCN(C(=O)NCc3cccc(-n4cccn4)c3)CC2)no1. The van der Waals surface area contributed by atoms with Gasteiger partial charge in [-0.1, -0.05) is 17.3 Å². The molecule has 156 valence electrons. The minimum absolute atomic E-state index is 0.0844. The molecule has 2 N–H and O–H groups in total. The Balaban J connectivity index is 1.25. The second kappa shape index (κ2) is 8.81. The normalized spacial score (nSPS) is 14.5. The molecule has 1 aromatic carbocycles. The predicted molar refractivity (Wildman–Crippen MR) is 110 cm³/mol. The predicted octanol–water partition coefficient (Wildman–Crippen LogP) is 2.73. The molecule has 3 amide bonds. The highest BCUT2D eigenvalue weighted by molar-refractivity contribution is 5.91. The number of hydrogen-bond donors (Lipinski definition) is 2. The van der Waals surface area contributed by atoms with Crippen molar-refractivity contribution in [1.82, 2.24) is 25.2 Å². The van der Waals surface area contributed by atoms with Crippen molar-refractivity contribution < 1.29 is 14.1 Å². The fourth-order valence-corrected chi connectivity index (χ4v) is 3.52. The Labute approximate surface area is 174 Å². The Bertz CT molecular complexity index is 1010. The summed E-state index contributed by atoms with van der Waals surface area (Å²) in [6.07, 6.45) is 4.84. The van der Waals surface area contributed by atoms with Crippen LogP contribution in [-0.2, 0) is 11.3 Å². The minimum atomic E-state index is -0.142. The van der Waals surface area contributed by atoms with Crippen LogP contribution < -0.4 is 10.6 Å². The standard InChI is InChI=1S/C21H24N6O3/c1-15-12-19(25-30-15)24-20(28)17-6-10-26(11-7-17)21(29)22-14-16-4-2-5-18(13-16)27-9-3-8-23-27/h2-5,8-9,12-13,17H,6-7,10-11,14H2,1H3,(H,22,29)(H,24,25,28). The number of nitrogens with one attached hydrogen (secondary N) is 2. The van der Waals surface area contributed by atoms with Crippen molar-refractivity contribution in [3.05, 3.63) is 60.1 Å². The van der Waals surface area contributed by atoms with Crippen LogP contribution >= 0.6 is 0 Å². The summed E-state index contributed by atoms with van der Waals surface area (Å²) in [5, 5.41) is 13.7. The summed E-state index contributed by atoms with van der Waals surface area (Å²) in [4.78, 5) is 26.7. The number of benzene rings is 1. The van der Waals surface area contributed by atoms with E-state index in [0.717, 1.165) is 11.3 Å². The summed E-state index contributed by atoms with van der Waals surface area (Å²) in [5.41, 5.74) is 1.94. The molecule has 1 saturated heterocycles. The van der Waals surface area contributed by atoms with Crippen LogP contribution in [0.2, 0.25) is 0 Å². The van der Waals surface area contributed by atoms with Crippen molar-refractivity contribution >= 4 is 17.8 Å². The number of carbonyl (C=O) groups is 2. The van der Waals surface area contributed by atoms with Crippen molar-refractivity contribution in [2.24, 2.45) is 5.92 Å². The zero-order valence-corrected chi connectivity index (χ0v) is 16.7. The molecule has 0 bridgehead atoms. The third kappa shape index (κ3) is 4.68. The van der Waals surface area contributed by atoms with Crippen LogP contribution in [0.15, 0.2) is 53.3 Å². The molecule has 2 aromatic heterocycles. The smallest absolute Gasteiger partial charge is 0.317 e. The molecule has 3 heterocycles. The zero-order valence-electron chi connectivity index (χ0n) is 16.7. The van der Waals surface area contributed by atoms with Crippen molar-refractivity contribution in [1.29, 1.82) is 0 Å². The summed E-state index contributed by atoms with van der Waals surface area (Å²) in [5.74, 6) is 0.845. The molecule has 1 fully saturated rings. The molecule has 3 aromatic rings. The number of piperidine rings is 1. The highest BCUT2D eigenvalue weighted by Gasteiger charge is 2.27. The van der Waals surface area contributed by atoms with Crippen molar-refractivity contribution in [2.75, 3.05) is 18.4 Å². The van der Waals surface area contributed by atoms with Gasteiger partial charge in [0.05, 0.1) is 5.69 Å². The number of carbonyl (C=O) groups excluding carboxylic acids is 2. The second-order valence-electron chi connectivity index (χ2n) is 7.35. The van der Waals surface area contributed by atoms with E-state index < -0.39 is 0 Å². The molecule has 0 atom stereocenters. The molecule has 9 nitrogen and oxygen atoms in total. The van der Waals surface area contributed by atoms with E-state index in [1.165, 1.54) is 0 Å². The Kier molecular flexibility index (Phi) is 5.78. The number of aromatic nitrogens is 3. The van der Waals surface area contributed by atoms with Gasteiger partial charge in [0.1, 0.15) is 5.76 Å².